The molecule has 0 fully saturated rings. The molecule has 7 nitrogen and oxygen atoms in total. The zero-order valence-electron chi connectivity index (χ0n) is 12.0. The van der Waals surface area contributed by atoms with Crippen LogP contribution in [0.1, 0.15) is 18.3 Å². The van der Waals surface area contributed by atoms with Gasteiger partial charge >= 0.3 is 0 Å². The van der Waals surface area contributed by atoms with Gasteiger partial charge in [-0.2, -0.15) is 10.2 Å². The summed E-state index contributed by atoms with van der Waals surface area (Å²) in [5, 5.41) is 9.03. The molecular formula is C13H15BrN6O. The first-order valence-corrected chi connectivity index (χ1v) is 7.39. The fourth-order valence-electron chi connectivity index (χ4n) is 2.33. The number of rotatable bonds is 3. The Hall–Kier alpha value is -1.96. The minimum absolute atomic E-state index is 0.0979. The van der Waals surface area contributed by atoms with Gasteiger partial charge in [-0.05, 0) is 22.4 Å². The summed E-state index contributed by atoms with van der Waals surface area (Å²) in [7, 11) is 3.64. The van der Waals surface area contributed by atoms with Gasteiger partial charge in [0.15, 0.2) is 5.65 Å². The molecule has 0 saturated heterocycles. The van der Waals surface area contributed by atoms with Gasteiger partial charge in [0.25, 0.3) is 5.56 Å². The van der Waals surface area contributed by atoms with Gasteiger partial charge in [-0.3, -0.25) is 18.7 Å². The predicted octanol–water partition coefficient (Wildman–Crippen LogP) is 1.24. The van der Waals surface area contributed by atoms with Crippen LogP contribution in [0.4, 0.5) is 0 Å². The van der Waals surface area contributed by atoms with Crippen molar-refractivity contribution in [1.82, 2.24) is 29.1 Å². The maximum atomic E-state index is 12.5. The lowest BCUT2D eigenvalue weighted by molar-refractivity contribution is 0.643. The standard InChI is InChI=1S/C13H15BrN6O/c1-4-9-11(14)10(18(2)17-9)6-20-7-15-12-8(13(20)21)5-16-19(12)3/h5,7H,4,6H2,1-3H3. The van der Waals surface area contributed by atoms with E-state index >= 15 is 0 Å². The lowest BCUT2D eigenvalue weighted by Crippen LogP contribution is -2.22. The highest BCUT2D eigenvalue weighted by molar-refractivity contribution is 9.10. The summed E-state index contributed by atoms with van der Waals surface area (Å²) >= 11 is 3.56. The van der Waals surface area contributed by atoms with E-state index in [1.165, 1.54) is 0 Å². The van der Waals surface area contributed by atoms with Crippen LogP contribution in [0.15, 0.2) is 21.8 Å². The number of aromatic nitrogens is 6. The lowest BCUT2D eigenvalue weighted by atomic mass is 10.3. The first-order valence-electron chi connectivity index (χ1n) is 6.60. The number of aryl methyl sites for hydroxylation is 3. The highest BCUT2D eigenvalue weighted by Crippen LogP contribution is 2.22. The summed E-state index contributed by atoms with van der Waals surface area (Å²) in [5.41, 5.74) is 2.42. The van der Waals surface area contributed by atoms with Crippen molar-refractivity contribution in [3.8, 4) is 0 Å². The average molecular weight is 351 g/mol. The Morgan fingerprint density at radius 1 is 1.29 bits per heavy atom. The second-order valence-corrected chi connectivity index (χ2v) is 5.66. The van der Waals surface area contributed by atoms with E-state index in [9.17, 15) is 4.79 Å². The van der Waals surface area contributed by atoms with Crippen LogP contribution in [0.25, 0.3) is 11.0 Å². The van der Waals surface area contributed by atoms with Crippen molar-refractivity contribution < 1.29 is 0 Å². The van der Waals surface area contributed by atoms with Crippen LogP contribution in [0.3, 0.4) is 0 Å². The smallest absolute Gasteiger partial charge is 0.264 e. The van der Waals surface area contributed by atoms with Gasteiger partial charge in [0.2, 0.25) is 0 Å². The topological polar surface area (TPSA) is 70.5 Å². The zero-order valence-corrected chi connectivity index (χ0v) is 13.6. The quantitative estimate of drug-likeness (QED) is 0.712. The molecule has 0 N–H and O–H groups in total. The summed E-state index contributed by atoms with van der Waals surface area (Å²) in [5.74, 6) is 0. The van der Waals surface area contributed by atoms with Crippen LogP contribution in [-0.4, -0.2) is 29.1 Å². The molecule has 3 aromatic rings. The maximum absolute atomic E-state index is 12.5. The Kier molecular flexibility index (Phi) is 3.40. The highest BCUT2D eigenvalue weighted by atomic mass is 79.9. The van der Waals surface area contributed by atoms with Crippen molar-refractivity contribution in [2.75, 3.05) is 0 Å². The molecule has 0 aliphatic heterocycles. The van der Waals surface area contributed by atoms with Crippen LogP contribution in [-0.2, 0) is 27.1 Å². The van der Waals surface area contributed by atoms with Gasteiger partial charge in [-0.1, -0.05) is 6.92 Å². The molecule has 3 rings (SSSR count). The largest absolute Gasteiger partial charge is 0.292 e. The normalized spacial score (nSPS) is 11.4. The summed E-state index contributed by atoms with van der Waals surface area (Å²) in [4.78, 5) is 16.8. The van der Waals surface area contributed by atoms with Crippen LogP contribution < -0.4 is 5.56 Å². The number of fused-ring (bicyclic) bond motifs is 1. The van der Waals surface area contributed by atoms with Gasteiger partial charge in [0, 0.05) is 14.1 Å². The van der Waals surface area contributed by atoms with Gasteiger partial charge in [0.1, 0.15) is 11.7 Å². The molecular weight excluding hydrogens is 336 g/mol. The van der Waals surface area contributed by atoms with Crippen molar-refractivity contribution >= 4 is 27.0 Å². The molecule has 0 aliphatic carbocycles. The van der Waals surface area contributed by atoms with Gasteiger partial charge in [0.05, 0.1) is 28.6 Å². The monoisotopic (exact) mass is 350 g/mol. The van der Waals surface area contributed by atoms with Gasteiger partial charge < -0.3 is 0 Å². The molecule has 3 aromatic heterocycles. The van der Waals surface area contributed by atoms with E-state index in [1.54, 1.807) is 33.5 Å². The van der Waals surface area contributed by atoms with Gasteiger partial charge in [-0.15, -0.1) is 0 Å². The number of hydrogen-bond donors (Lipinski definition) is 0. The third-order valence-electron chi connectivity index (χ3n) is 3.54. The molecule has 0 spiro atoms. The van der Waals surface area contributed by atoms with E-state index in [0.29, 0.717) is 17.6 Å². The fraction of sp³-hybridized carbons (Fsp3) is 0.385. The van der Waals surface area contributed by atoms with E-state index in [1.807, 2.05) is 14.0 Å². The molecule has 0 radical (unpaired) electrons. The molecule has 21 heavy (non-hydrogen) atoms. The molecule has 0 atom stereocenters. The first-order chi connectivity index (χ1) is 10.0. The molecule has 8 heteroatoms. The van der Waals surface area contributed by atoms with Crippen molar-refractivity contribution in [3.63, 3.8) is 0 Å². The minimum Gasteiger partial charge on any atom is -0.292 e. The molecule has 0 aromatic carbocycles. The second kappa shape index (κ2) is 5.10. The van der Waals surface area contributed by atoms with E-state index in [2.05, 4.69) is 31.1 Å². The van der Waals surface area contributed by atoms with Crippen molar-refractivity contribution in [3.05, 3.63) is 38.7 Å². The number of halogens is 1. The van der Waals surface area contributed by atoms with Crippen LogP contribution >= 0.6 is 15.9 Å². The number of hydrogen-bond acceptors (Lipinski definition) is 4. The third-order valence-corrected chi connectivity index (χ3v) is 4.46. The zero-order chi connectivity index (χ0) is 15.1. The van der Waals surface area contributed by atoms with E-state index in [0.717, 1.165) is 22.3 Å². The fourth-order valence-corrected chi connectivity index (χ4v) is 3.07. The van der Waals surface area contributed by atoms with Crippen molar-refractivity contribution in [2.24, 2.45) is 14.1 Å². The Morgan fingerprint density at radius 2 is 2.05 bits per heavy atom. The predicted molar refractivity (Wildman–Crippen MR) is 82.2 cm³/mol. The number of nitrogens with zero attached hydrogens (tertiary/aromatic N) is 6. The van der Waals surface area contributed by atoms with Crippen molar-refractivity contribution in [1.29, 1.82) is 0 Å². The molecule has 0 unspecified atom stereocenters. The average Bonchev–Trinajstić information content (AvgIpc) is 2.97. The van der Waals surface area contributed by atoms with E-state index < -0.39 is 0 Å². The van der Waals surface area contributed by atoms with Crippen LogP contribution in [0, 0.1) is 0 Å². The summed E-state index contributed by atoms with van der Waals surface area (Å²) in [6.07, 6.45) is 3.94. The molecule has 0 saturated carbocycles. The molecule has 0 aliphatic rings. The Labute approximate surface area is 129 Å². The molecule has 3 heterocycles. The second-order valence-electron chi connectivity index (χ2n) is 4.87. The van der Waals surface area contributed by atoms with Crippen molar-refractivity contribution in [2.45, 2.75) is 19.9 Å². The Balaban J connectivity index is 2.08. The third kappa shape index (κ3) is 2.19. The SMILES string of the molecule is CCc1nn(C)c(Cn2cnc3c(cnn3C)c2=O)c1Br. The lowest BCUT2D eigenvalue weighted by Gasteiger charge is -2.06. The molecule has 110 valence electrons. The summed E-state index contributed by atoms with van der Waals surface area (Å²) in [6.45, 7) is 2.47. The summed E-state index contributed by atoms with van der Waals surface area (Å²) < 4.78 is 5.91. The molecule has 0 bridgehead atoms. The van der Waals surface area contributed by atoms with E-state index in [4.69, 9.17) is 0 Å². The first kappa shape index (κ1) is 14.0. The minimum atomic E-state index is -0.0979. The highest BCUT2D eigenvalue weighted by Gasteiger charge is 2.15. The summed E-state index contributed by atoms with van der Waals surface area (Å²) in [6, 6.07) is 0. The van der Waals surface area contributed by atoms with Crippen LogP contribution in [0.5, 0.6) is 0 Å². The van der Waals surface area contributed by atoms with Gasteiger partial charge in [-0.25, -0.2) is 4.98 Å². The Bertz CT molecular complexity index is 875. The maximum Gasteiger partial charge on any atom is 0.264 e. The van der Waals surface area contributed by atoms with Crippen LogP contribution in [0.2, 0.25) is 0 Å². The Morgan fingerprint density at radius 3 is 2.71 bits per heavy atom. The molecule has 0 amide bonds. The van der Waals surface area contributed by atoms with E-state index in [-0.39, 0.29) is 5.56 Å².